The molecule has 1 saturated carbocycles. The third kappa shape index (κ3) is 5.05. The van der Waals surface area contributed by atoms with E-state index >= 15 is 0 Å². The summed E-state index contributed by atoms with van der Waals surface area (Å²) in [5.74, 6) is 0.413. The fraction of sp³-hybridized carbons (Fsp3) is 0.600. The molecular weight excluding hydrogens is 291 g/mol. The molecule has 1 aromatic carbocycles. The van der Waals surface area contributed by atoms with Gasteiger partial charge in [-0.3, -0.25) is 0 Å². The maximum atomic E-state index is 13.6. The maximum Gasteiger partial charge on any atom is 0.240 e. The molecule has 1 aliphatic carbocycles. The highest BCUT2D eigenvalue weighted by Crippen LogP contribution is 2.33. The first-order valence-electron chi connectivity index (χ1n) is 7.51. The summed E-state index contributed by atoms with van der Waals surface area (Å²) in [6.07, 6.45) is 4.49. The largest absolute Gasteiger partial charge is 0.313 e. The summed E-state index contributed by atoms with van der Waals surface area (Å²) in [5, 5.41) is 3.00. The number of hydrogen-bond acceptors (Lipinski definition) is 3. The fourth-order valence-electron chi connectivity index (χ4n) is 2.20. The van der Waals surface area contributed by atoms with Crippen LogP contribution in [0.3, 0.4) is 0 Å². The highest BCUT2D eigenvalue weighted by Gasteiger charge is 2.21. The van der Waals surface area contributed by atoms with Crippen molar-refractivity contribution in [3.05, 3.63) is 29.6 Å². The molecule has 0 unspecified atom stereocenters. The Morgan fingerprint density at radius 2 is 2.10 bits per heavy atom. The van der Waals surface area contributed by atoms with Crippen molar-refractivity contribution in [1.29, 1.82) is 0 Å². The molecule has 0 amide bonds. The molecule has 2 rings (SSSR count). The molecule has 1 aliphatic rings. The van der Waals surface area contributed by atoms with Crippen molar-refractivity contribution in [2.24, 2.45) is 5.92 Å². The normalized spacial score (nSPS) is 15.3. The van der Waals surface area contributed by atoms with Crippen LogP contribution in [0.15, 0.2) is 23.1 Å². The SMILES string of the molecule is CCNCc1cc(S(=O)(=O)NCCCC2CC2)ccc1F. The van der Waals surface area contributed by atoms with Crippen LogP contribution in [0.5, 0.6) is 0 Å². The van der Waals surface area contributed by atoms with Gasteiger partial charge in [0, 0.05) is 18.7 Å². The van der Waals surface area contributed by atoms with Crippen LogP contribution in [0.1, 0.15) is 38.2 Å². The molecule has 0 aromatic heterocycles. The van der Waals surface area contributed by atoms with Crippen LogP contribution in [0.2, 0.25) is 0 Å². The third-order valence-electron chi connectivity index (χ3n) is 3.67. The second-order valence-corrected chi connectivity index (χ2v) is 7.28. The van der Waals surface area contributed by atoms with Gasteiger partial charge in [-0.1, -0.05) is 19.8 Å². The van der Waals surface area contributed by atoms with E-state index in [1.165, 1.54) is 31.0 Å². The molecule has 0 heterocycles. The smallest absolute Gasteiger partial charge is 0.240 e. The van der Waals surface area contributed by atoms with Gasteiger partial charge in [-0.2, -0.15) is 0 Å². The molecule has 0 spiro atoms. The summed E-state index contributed by atoms with van der Waals surface area (Å²) >= 11 is 0. The third-order valence-corrected chi connectivity index (χ3v) is 5.13. The quantitative estimate of drug-likeness (QED) is 0.688. The van der Waals surface area contributed by atoms with Crippen molar-refractivity contribution in [2.45, 2.75) is 44.0 Å². The number of rotatable bonds is 9. The first-order valence-corrected chi connectivity index (χ1v) is 9.00. The van der Waals surface area contributed by atoms with E-state index in [0.717, 1.165) is 18.8 Å². The molecule has 1 fully saturated rings. The number of sulfonamides is 1. The predicted molar refractivity (Wildman–Crippen MR) is 80.9 cm³/mol. The molecule has 0 radical (unpaired) electrons. The minimum absolute atomic E-state index is 0.128. The van der Waals surface area contributed by atoms with E-state index in [1.807, 2.05) is 6.92 Å². The maximum absolute atomic E-state index is 13.6. The molecule has 118 valence electrons. The van der Waals surface area contributed by atoms with Crippen LogP contribution >= 0.6 is 0 Å². The van der Waals surface area contributed by atoms with Crippen molar-refractivity contribution < 1.29 is 12.8 Å². The first-order chi connectivity index (χ1) is 10.0. The Morgan fingerprint density at radius 3 is 2.76 bits per heavy atom. The predicted octanol–water partition coefficient (Wildman–Crippen LogP) is 2.40. The van der Waals surface area contributed by atoms with Gasteiger partial charge in [0.1, 0.15) is 5.82 Å². The molecule has 0 aliphatic heterocycles. The monoisotopic (exact) mass is 314 g/mol. The van der Waals surface area contributed by atoms with Crippen LogP contribution in [0.25, 0.3) is 0 Å². The lowest BCUT2D eigenvalue weighted by molar-refractivity contribution is 0.569. The molecule has 0 bridgehead atoms. The van der Waals surface area contributed by atoms with E-state index in [9.17, 15) is 12.8 Å². The molecule has 2 N–H and O–H groups in total. The van der Waals surface area contributed by atoms with E-state index in [-0.39, 0.29) is 10.7 Å². The Kier molecular flexibility index (Phi) is 5.72. The minimum atomic E-state index is -3.55. The number of hydrogen-bond donors (Lipinski definition) is 2. The van der Waals surface area contributed by atoms with Crippen molar-refractivity contribution in [2.75, 3.05) is 13.1 Å². The zero-order valence-electron chi connectivity index (χ0n) is 12.4. The highest BCUT2D eigenvalue weighted by atomic mass is 32.2. The van der Waals surface area contributed by atoms with Crippen molar-refractivity contribution >= 4 is 10.0 Å². The van der Waals surface area contributed by atoms with Crippen LogP contribution in [0.4, 0.5) is 4.39 Å². The van der Waals surface area contributed by atoms with E-state index in [2.05, 4.69) is 10.0 Å². The van der Waals surface area contributed by atoms with Gasteiger partial charge in [0.25, 0.3) is 0 Å². The van der Waals surface area contributed by atoms with Gasteiger partial charge in [0.2, 0.25) is 10.0 Å². The van der Waals surface area contributed by atoms with Crippen LogP contribution < -0.4 is 10.0 Å². The summed E-state index contributed by atoms with van der Waals surface area (Å²) in [6.45, 7) is 3.39. The Bertz CT molecular complexity index is 571. The second-order valence-electron chi connectivity index (χ2n) is 5.52. The molecular formula is C15H23FN2O2S. The Morgan fingerprint density at radius 1 is 1.33 bits per heavy atom. The zero-order chi connectivity index (χ0) is 15.3. The van der Waals surface area contributed by atoms with E-state index in [0.29, 0.717) is 25.2 Å². The van der Waals surface area contributed by atoms with Gasteiger partial charge in [-0.05, 0) is 43.5 Å². The fourth-order valence-corrected chi connectivity index (χ4v) is 3.32. The first kappa shape index (κ1) is 16.4. The van der Waals surface area contributed by atoms with Gasteiger partial charge in [-0.15, -0.1) is 0 Å². The summed E-state index contributed by atoms with van der Waals surface area (Å²) in [7, 11) is -3.55. The van der Waals surface area contributed by atoms with Gasteiger partial charge in [-0.25, -0.2) is 17.5 Å². The van der Waals surface area contributed by atoms with E-state index in [4.69, 9.17) is 0 Å². The molecule has 0 atom stereocenters. The average Bonchev–Trinajstić information content (AvgIpc) is 3.27. The summed E-state index contributed by atoms with van der Waals surface area (Å²) in [5.41, 5.74) is 0.373. The van der Waals surface area contributed by atoms with Gasteiger partial charge < -0.3 is 5.32 Å². The molecule has 4 nitrogen and oxygen atoms in total. The number of nitrogens with one attached hydrogen (secondary N) is 2. The van der Waals surface area contributed by atoms with Crippen LogP contribution in [-0.2, 0) is 16.6 Å². The average molecular weight is 314 g/mol. The zero-order valence-corrected chi connectivity index (χ0v) is 13.2. The summed E-state index contributed by atoms with van der Waals surface area (Å²) < 4.78 is 40.6. The van der Waals surface area contributed by atoms with Gasteiger partial charge in [0.05, 0.1) is 4.90 Å². The minimum Gasteiger partial charge on any atom is -0.313 e. The second kappa shape index (κ2) is 7.33. The molecule has 21 heavy (non-hydrogen) atoms. The molecule has 0 saturated heterocycles. The Labute approximate surface area is 126 Å². The Hall–Kier alpha value is -0.980. The van der Waals surface area contributed by atoms with Crippen LogP contribution in [0, 0.1) is 11.7 Å². The lowest BCUT2D eigenvalue weighted by atomic mass is 10.2. The van der Waals surface area contributed by atoms with Crippen molar-refractivity contribution in [1.82, 2.24) is 10.0 Å². The van der Waals surface area contributed by atoms with Crippen molar-refractivity contribution in [3.8, 4) is 0 Å². The highest BCUT2D eigenvalue weighted by molar-refractivity contribution is 7.89. The molecule has 6 heteroatoms. The number of halogens is 1. The van der Waals surface area contributed by atoms with Gasteiger partial charge in [0.15, 0.2) is 0 Å². The van der Waals surface area contributed by atoms with Crippen LogP contribution in [-0.4, -0.2) is 21.5 Å². The number of benzene rings is 1. The summed E-state index contributed by atoms with van der Waals surface area (Å²) in [4.78, 5) is 0.128. The molecule has 1 aromatic rings. The summed E-state index contributed by atoms with van der Waals surface area (Å²) in [6, 6.07) is 3.93. The van der Waals surface area contributed by atoms with Crippen molar-refractivity contribution in [3.63, 3.8) is 0 Å². The topological polar surface area (TPSA) is 58.2 Å². The Balaban J connectivity index is 1.96. The lowest BCUT2D eigenvalue weighted by Gasteiger charge is -2.09. The van der Waals surface area contributed by atoms with E-state index in [1.54, 1.807) is 0 Å². The standard InChI is InChI=1S/C15H23FN2O2S/c1-2-17-11-13-10-14(7-8-15(13)16)21(19,20)18-9-3-4-12-5-6-12/h7-8,10,12,17-18H,2-6,9,11H2,1H3. The van der Waals surface area contributed by atoms with Gasteiger partial charge >= 0.3 is 0 Å². The lowest BCUT2D eigenvalue weighted by Crippen LogP contribution is -2.25. The van der Waals surface area contributed by atoms with E-state index < -0.39 is 10.0 Å².